The Kier molecular flexibility index (Phi) is 3.73. The summed E-state index contributed by atoms with van der Waals surface area (Å²) in [6.45, 7) is 0.324. The first-order valence-corrected chi connectivity index (χ1v) is 6.88. The molecular weight excluding hydrogens is 278 g/mol. The number of aliphatic hydroxyl groups is 1. The molecule has 22 heavy (non-hydrogen) atoms. The predicted molar refractivity (Wildman–Crippen MR) is 83.1 cm³/mol. The smallest absolute Gasteiger partial charge is 0.143 e. The molecule has 1 unspecified atom stereocenters. The van der Waals surface area contributed by atoms with Gasteiger partial charge in [0.25, 0.3) is 0 Å². The van der Waals surface area contributed by atoms with Crippen LogP contribution in [0.1, 0.15) is 17.4 Å². The van der Waals surface area contributed by atoms with E-state index in [-0.39, 0.29) is 0 Å². The summed E-state index contributed by atoms with van der Waals surface area (Å²) in [5.74, 6) is 0. The lowest BCUT2D eigenvalue weighted by Crippen LogP contribution is -2.12. The number of fused-ring (bicyclic) bond motifs is 1. The number of hydrogen-bond acceptors (Lipinski definition) is 5. The van der Waals surface area contributed by atoms with Crippen molar-refractivity contribution in [2.75, 3.05) is 11.9 Å². The van der Waals surface area contributed by atoms with E-state index in [1.807, 2.05) is 24.3 Å². The SMILES string of the molecule is Cn1cc(C(O)CNc2cc(C#N)nc3ccccc23)cn1. The molecule has 0 fully saturated rings. The molecule has 1 aromatic carbocycles. The predicted octanol–water partition coefficient (Wildman–Crippen LogP) is 1.99. The van der Waals surface area contributed by atoms with E-state index in [0.717, 1.165) is 22.2 Å². The number of anilines is 1. The van der Waals surface area contributed by atoms with Gasteiger partial charge in [-0.15, -0.1) is 0 Å². The van der Waals surface area contributed by atoms with E-state index >= 15 is 0 Å². The number of aromatic nitrogens is 3. The monoisotopic (exact) mass is 293 g/mol. The van der Waals surface area contributed by atoms with Gasteiger partial charge in [0.05, 0.1) is 17.8 Å². The lowest BCUT2D eigenvalue weighted by atomic mass is 10.1. The van der Waals surface area contributed by atoms with E-state index in [2.05, 4.69) is 21.5 Å². The van der Waals surface area contributed by atoms with Crippen LogP contribution in [-0.2, 0) is 7.05 Å². The number of aliphatic hydroxyl groups excluding tert-OH is 1. The number of nitrogens with zero attached hydrogens (tertiary/aromatic N) is 4. The second kappa shape index (κ2) is 5.84. The zero-order valence-corrected chi connectivity index (χ0v) is 12.1. The van der Waals surface area contributed by atoms with Crippen molar-refractivity contribution in [2.24, 2.45) is 7.05 Å². The van der Waals surface area contributed by atoms with E-state index in [1.165, 1.54) is 0 Å². The van der Waals surface area contributed by atoms with Crippen molar-refractivity contribution in [1.82, 2.24) is 14.8 Å². The molecule has 0 radical (unpaired) electrons. The Hall–Kier alpha value is -2.91. The largest absolute Gasteiger partial charge is 0.386 e. The Morgan fingerprint density at radius 3 is 2.95 bits per heavy atom. The molecule has 3 rings (SSSR count). The standard InChI is InChI=1S/C16H15N5O/c1-21-10-11(8-19-21)16(22)9-18-15-6-12(7-17)20-14-5-3-2-4-13(14)15/h2-6,8,10,16,22H,9H2,1H3,(H,18,20). The van der Waals surface area contributed by atoms with Gasteiger partial charge < -0.3 is 10.4 Å². The molecule has 6 heteroatoms. The minimum atomic E-state index is -0.675. The number of pyridine rings is 1. The summed E-state index contributed by atoms with van der Waals surface area (Å²) in [5, 5.41) is 27.4. The Balaban J connectivity index is 1.86. The first-order valence-electron chi connectivity index (χ1n) is 6.88. The number of benzene rings is 1. The average Bonchev–Trinajstić information content (AvgIpc) is 2.98. The highest BCUT2D eigenvalue weighted by Crippen LogP contribution is 2.24. The number of rotatable bonds is 4. The summed E-state index contributed by atoms with van der Waals surface area (Å²) in [6, 6.07) is 11.3. The topological polar surface area (TPSA) is 86.8 Å². The van der Waals surface area contributed by atoms with Gasteiger partial charge in [-0.2, -0.15) is 10.4 Å². The molecule has 0 bridgehead atoms. The van der Waals surface area contributed by atoms with Crippen LogP contribution in [0.25, 0.3) is 10.9 Å². The molecule has 0 aliphatic carbocycles. The second-order valence-corrected chi connectivity index (χ2v) is 5.03. The van der Waals surface area contributed by atoms with Gasteiger partial charge in [0.15, 0.2) is 0 Å². The third-order valence-corrected chi connectivity index (χ3v) is 3.43. The number of aryl methyl sites for hydroxylation is 1. The van der Waals surface area contributed by atoms with E-state index in [0.29, 0.717) is 12.2 Å². The van der Waals surface area contributed by atoms with Gasteiger partial charge in [0.1, 0.15) is 11.8 Å². The summed E-state index contributed by atoms with van der Waals surface area (Å²) in [7, 11) is 1.80. The Bertz CT molecular complexity index is 849. The highest BCUT2D eigenvalue weighted by molar-refractivity contribution is 5.91. The number of nitriles is 1. The van der Waals surface area contributed by atoms with Crippen molar-refractivity contribution in [1.29, 1.82) is 5.26 Å². The quantitative estimate of drug-likeness (QED) is 0.768. The number of para-hydroxylation sites is 1. The van der Waals surface area contributed by atoms with Crippen LogP contribution in [0.2, 0.25) is 0 Å². The van der Waals surface area contributed by atoms with E-state index in [4.69, 9.17) is 5.26 Å². The maximum atomic E-state index is 10.2. The van der Waals surface area contributed by atoms with Crippen LogP contribution in [0.4, 0.5) is 5.69 Å². The normalized spacial score (nSPS) is 12.0. The molecule has 2 N–H and O–H groups in total. The molecule has 2 aromatic heterocycles. The molecule has 0 aliphatic rings. The van der Waals surface area contributed by atoms with Crippen molar-refractivity contribution >= 4 is 16.6 Å². The second-order valence-electron chi connectivity index (χ2n) is 5.03. The van der Waals surface area contributed by atoms with Gasteiger partial charge in [-0.05, 0) is 12.1 Å². The maximum absolute atomic E-state index is 10.2. The van der Waals surface area contributed by atoms with Crippen LogP contribution in [-0.4, -0.2) is 26.4 Å². The third-order valence-electron chi connectivity index (χ3n) is 3.43. The maximum Gasteiger partial charge on any atom is 0.143 e. The zero-order valence-electron chi connectivity index (χ0n) is 12.1. The summed E-state index contributed by atoms with van der Waals surface area (Å²) in [4.78, 5) is 4.27. The van der Waals surface area contributed by atoms with Crippen molar-refractivity contribution in [3.63, 3.8) is 0 Å². The Labute approximate surface area is 127 Å². The fourth-order valence-corrected chi connectivity index (χ4v) is 2.32. The molecule has 0 aliphatic heterocycles. The van der Waals surface area contributed by atoms with Gasteiger partial charge in [-0.3, -0.25) is 4.68 Å². The summed E-state index contributed by atoms with van der Waals surface area (Å²) in [6.07, 6.45) is 2.74. The van der Waals surface area contributed by atoms with Crippen molar-refractivity contribution in [2.45, 2.75) is 6.10 Å². The molecule has 2 heterocycles. The number of hydrogen-bond donors (Lipinski definition) is 2. The van der Waals surface area contributed by atoms with Crippen LogP contribution in [0, 0.1) is 11.3 Å². The first kappa shape index (κ1) is 14.0. The number of nitrogens with one attached hydrogen (secondary N) is 1. The summed E-state index contributed by atoms with van der Waals surface area (Å²) in [5.41, 5.74) is 2.62. The van der Waals surface area contributed by atoms with Crippen LogP contribution < -0.4 is 5.32 Å². The van der Waals surface area contributed by atoms with E-state index in [1.54, 1.807) is 30.2 Å². The van der Waals surface area contributed by atoms with Gasteiger partial charge in [-0.1, -0.05) is 18.2 Å². The molecule has 6 nitrogen and oxygen atoms in total. The van der Waals surface area contributed by atoms with Crippen molar-refractivity contribution < 1.29 is 5.11 Å². The van der Waals surface area contributed by atoms with Crippen molar-refractivity contribution in [3.05, 3.63) is 54.0 Å². The molecule has 110 valence electrons. The lowest BCUT2D eigenvalue weighted by molar-refractivity contribution is 0.191. The highest BCUT2D eigenvalue weighted by atomic mass is 16.3. The molecular formula is C16H15N5O. The van der Waals surface area contributed by atoms with Crippen LogP contribution >= 0.6 is 0 Å². The fraction of sp³-hybridized carbons (Fsp3) is 0.188. The van der Waals surface area contributed by atoms with Gasteiger partial charge in [0, 0.05) is 36.4 Å². The average molecular weight is 293 g/mol. The molecule has 0 saturated carbocycles. The van der Waals surface area contributed by atoms with Crippen LogP contribution in [0.5, 0.6) is 0 Å². The minimum Gasteiger partial charge on any atom is -0.386 e. The molecule has 1 atom stereocenters. The molecule has 0 saturated heterocycles. The minimum absolute atomic E-state index is 0.324. The van der Waals surface area contributed by atoms with Gasteiger partial charge >= 0.3 is 0 Å². The van der Waals surface area contributed by atoms with Crippen LogP contribution in [0.3, 0.4) is 0 Å². The zero-order chi connectivity index (χ0) is 15.5. The summed E-state index contributed by atoms with van der Waals surface area (Å²) >= 11 is 0. The van der Waals surface area contributed by atoms with E-state index < -0.39 is 6.10 Å². The van der Waals surface area contributed by atoms with E-state index in [9.17, 15) is 5.11 Å². The molecule has 0 amide bonds. The first-order chi connectivity index (χ1) is 10.7. The lowest BCUT2D eigenvalue weighted by Gasteiger charge is -2.13. The fourth-order valence-electron chi connectivity index (χ4n) is 2.32. The van der Waals surface area contributed by atoms with Gasteiger partial charge in [-0.25, -0.2) is 4.98 Å². The van der Waals surface area contributed by atoms with Crippen LogP contribution in [0.15, 0.2) is 42.7 Å². The highest BCUT2D eigenvalue weighted by Gasteiger charge is 2.11. The Morgan fingerprint density at radius 2 is 2.23 bits per heavy atom. The summed E-state index contributed by atoms with van der Waals surface area (Å²) < 4.78 is 1.65. The van der Waals surface area contributed by atoms with Crippen molar-refractivity contribution in [3.8, 4) is 6.07 Å². The molecule has 0 spiro atoms. The molecule has 3 aromatic rings. The Morgan fingerprint density at radius 1 is 1.41 bits per heavy atom. The van der Waals surface area contributed by atoms with Gasteiger partial charge in [0.2, 0.25) is 0 Å². The third kappa shape index (κ3) is 2.75.